The molecule has 20 heavy (non-hydrogen) atoms. The van der Waals surface area contributed by atoms with Gasteiger partial charge >= 0.3 is 0 Å². The molecule has 0 saturated heterocycles. The predicted octanol–water partition coefficient (Wildman–Crippen LogP) is 3.01. The molecule has 2 heterocycles. The lowest BCUT2D eigenvalue weighted by Gasteiger charge is -2.38. The van der Waals surface area contributed by atoms with Crippen LogP contribution in [0.25, 0.3) is 11.2 Å². The lowest BCUT2D eigenvalue weighted by molar-refractivity contribution is 0.153. The van der Waals surface area contributed by atoms with Gasteiger partial charge in [-0.05, 0) is 31.1 Å². The van der Waals surface area contributed by atoms with Crippen LogP contribution in [0.4, 0.5) is 5.82 Å². The monoisotopic (exact) mass is 271 g/mol. The normalized spacial score (nSPS) is 30.3. The molecule has 4 rings (SSSR count). The van der Waals surface area contributed by atoms with Crippen LogP contribution in [0.1, 0.15) is 56.7 Å². The number of hydrogen-bond donors (Lipinski definition) is 2. The lowest BCUT2D eigenvalue weighted by Crippen LogP contribution is -2.27. The number of anilines is 1. The van der Waals surface area contributed by atoms with E-state index in [-0.39, 0.29) is 0 Å². The summed E-state index contributed by atoms with van der Waals surface area (Å²) in [7, 11) is 0. The first-order valence-electron chi connectivity index (χ1n) is 7.77. The summed E-state index contributed by atoms with van der Waals surface area (Å²) in [5.41, 5.74) is 7.39. The summed E-state index contributed by atoms with van der Waals surface area (Å²) in [4.78, 5) is 16.2. The first kappa shape index (κ1) is 12.1. The molecule has 5 heteroatoms. The standard InChI is InChI=1S/C15H21N5/c16-13-12-15(18-8-17-13)20-14(19-12)11-6-5-9-3-1-2-4-10(9)7-11/h8-11H,1-7H2,(H3,16,17,18,19,20). The van der Waals surface area contributed by atoms with Crippen LogP contribution >= 0.6 is 0 Å². The van der Waals surface area contributed by atoms with Crippen molar-refractivity contribution in [3.05, 3.63) is 12.2 Å². The van der Waals surface area contributed by atoms with Gasteiger partial charge in [0, 0.05) is 5.92 Å². The lowest BCUT2D eigenvalue weighted by atomic mass is 9.67. The average molecular weight is 271 g/mol. The summed E-state index contributed by atoms with van der Waals surface area (Å²) < 4.78 is 0. The van der Waals surface area contributed by atoms with Crippen molar-refractivity contribution < 1.29 is 0 Å². The van der Waals surface area contributed by atoms with Gasteiger partial charge in [0.1, 0.15) is 17.7 Å². The molecule has 0 aliphatic heterocycles. The van der Waals surface area contributed by atoms with E-state index in [4.69, 9.17) is 5.73 Å². The number of nitrogens with zero attached hydrogens (tertiary/aromatic N) is 3. The van der Waals surface area contributed by atoms with Crippen LogP contribution in [0.5, 0.6) is 0 Å². The number of rotatable bonds is 1. The third-order valence-electron chi connectivity index (χ3n) is 5.26. The second kappa shape index (κ2) is 4.72. The Balaban J connectivity index is 1.61. The van der Waals surface area contributed by atoms with E-state index in [9.17, 15) is 0 Å². The maximum atomic E-state index is 5.88. The molecule has 2 fully saturated rings. The van der Waals surface area contributed by atoms with E-state index in [0.29, 0.717) is 17.4 Å². The number of imidazole rings is 1. The number of aromatic nitrogens is 4. The molecule has 2 saturated carbocycles. The number of aromatic amines is 1. The van der Waals surface area contributed by atoms with Gasteiger partial charge in [-0.2, -0.15) is 0 Å². The van der Waals surface area contributed by atoms with Crippen molar-refractivity contribution in [2.45, 2.75) is 50.9 Å². The molecule has 3 unspecified atom stereocenters. The van der Waals surface area contributed by atoms with Crippen molar-refractivity contribution in [1.29, 1.82) is 0 Å². The summed E-state index contributed by atoms with van der Waals surface area (Å²) in [5, 5.41) is 0. The van der Waals surface area contributed by atoms with Crippen molar-refractivity contribution in [2.24, 2.45) is 11.8 Å². The van der Waals surface area contributed by atoms with Gasteiger partial charge in [-0.1, -0.05) is 25.7 Å². The van der Waals surface area contributed by atoms with Crippen LogP contribution in [0.15, 0.2) is 6.33 Å². The van der Waals surface area contributed by atoms with Gasteiger partial charge in [0.25, 0.3) is 0 Å². The molecule has 3 N–H and O–H groups in total. The van der Waals surface area contributed by atoms with E-state index in [1.54, 1.807) is 0 Å². The smallest absolute Gasteiger partial charge is 0.183 e. The number of H-pyrrole nitrogens is 1. The fourth-order valence-electron chi connectivity index (χ4n) is 4.18. The van der Waals surface area contributed by atoms with Crippen molar-refractivity contribution in [3.63, 3.8) is 0 Å². The van der Waals surface area contributed by atoms with Gasteiger partial charge in [0.2, 0.25) is 0 Å². The maximum Gasteiger partial charge on any atom is 0.183 e. The summed E-state index contributed by atoms with van der Waals surface area (Å²) in [5.74, 6) is 3.98. The van der Waals surface area contributed by atoms with Gasteiger partial charge in [-0.15, -0.1) is 0 Å². The minimum atomic E-state index is 0.500. The van der Waals surface area contributed by atoms with E-state index in [0.717, 1.165) is 23.2 Å². The van der Waals surface area contributed by atoms with Gasteiger partial charge in [0.15, 0.2) is 11.5 Å². The predicted molar refractivity (Wildman–Crippen MR) is 78.1 cm³/mol. The van der Waals surface area contributed by atoms with Gasteiger partial charge < -0.3 is 10.7 Å². The quantitative estimate of drug-likeness (QED) is 0.835. The zero-order valence-corrected chi connectivity index (χ0v) is 11.7. The van der Waals surface area contributed by atoms with Gasteiger partial charge in [-0.25, -0.2) is 15.0 Å². The number of nitrogens with two attached hydrogens (primary N) is 1. The molecular weight excluding hydrogens is 250 g/mol. The van der Waals surface area contributed by atoms with Crippen molar-refractivity contribution in [1.82, 2.24) is 19.9 Å². The van der Waals surface area contributed by atoms with Crippen molar-refractivity contribution in [2.75, 3.05) is 5.73 Å². The van der Waals surface area contributed by atoms with E-state index in [1.807, 2.05) is 0 Å². The van der Waals surface area contributed by atoms with Crippen LogP contribution in [0.2, 0.25) is 0 Å². The molecule has 0 amide bonds. The average Bonchev–Trinajstić information content (AvgIpc) is 2.92. The molecule has 0 aromatic carbocycles. The molecule has 2 aromatic rings. The Kier molecular flexibility index (Phi) is 2.86. The fourth-order valence-corrected chi connectivity index (χ4v) is 4.18. The molecular formula is C15H21N5. The molecule has 0 bridgehead atoms. The third-order valence-corrected chi connectivity index (χ3v) is 5.26. The second-order valence-electron chi connectivity index (χ2n) is 6.39. The van der Waals surface area contributed by atoms with Crippen LogP contribution < -0.4 is 5.73 Å². The minimum absolute atomic E-state index is 0.500. The van der Waals surface area contributed by atoms with Crippen LogP contribution in [0.3, 0.4) is 0 Å². The zero-order valence-electron chi connectivity index (χ0n) is 11.7. The largest absolute Gasteiger partial charge is 0.382 e. The van der Waals surface area contributed by atoms with E-state index < -0.39 is 0 Å². The topological polar surface area (TPSA) is 80.5 Å². The summed E-state index contributed by atoms with van der Waals surface area (Å²) in [6.07, 6.45) is 11.0. The van der Waals surface area contributed by atoms with E-state index >= 15 is 0 Å². The summed E-state index contributed by atoms with van der Waals surface area (Å²) in [6.45, 7) is 0. The molecule has 2 aliphatic carbocycles. The summed E-state index contributed by atoms with van der Waals surface area (Å²) >= 11 is 0. The zero-order chi connectivity index (χ0) is 13.5. The molecule has 106 valence electrons. The van der Waals surface area contributed by atoms with Crippen LogP contribution in [0, 0.1) is 11.8 Å². The first-order valence-corrected chi connectivity index (χ1v) is 7.77. The number of fused-ring (bicyclic) bond motifs is 2. The molecule has 3 atom stereocenters. The molecule has 5 nitrogen and oxygen atoms in total. The number of nitrogen functional groups attached to an aromatic ring is 1. The molecule has 2 aromatic heterocycles. The van der Waals surface area contributed by atoms with E-state index in [1.165, 1.54) is 51.3 Å². The number of hydrogen-bond acceptors (Lipinski definition) is 4. The van der Waals surface area contributed by atoms with Crippen LogP contribution in [-0.4, -0.2) is 19.9 Å². The Hall–Kier alpha value is -1.65. The fraction of sp³-hybridized carbons (Fsp3) is 0.667. The molecule has 0 spiro atoms. The highest BCUT2D eigenvalue weighted by Crippen LogP contribution is 2.45. The Labute approximate surface area is 118 Å². The van der Waals surface area contributed by atoms with E-state index in [2.05, 4.69) is 19.9 Å². The third kappa shape index (κ3) is 1.96. The van der Waals surface area contributed by atoms with Gasteiger partial charge in [0.05, 0.1) is 0 Å². The Morgan fingerprint density at radius 2 is 1.90 bits per heavy atom. The number of nitrogens with one attached hydrogen (secondary N) is 1. The maximum absolute atomic E-state index is 5.88. The Morgan fingerprint density at radius 3 is 2.75 bits per heavy atom. The first-order chi connectivity index (χ1) is 9.81. The Bertz CT molecular complexity index is 620. The molecule has 0 radical (unpaired) electrons. The summed E-state index contributed by atoms with van der Waals surface area (Å²) in [6, 6.07) is 0. The van der Waals surface area contributed by atoms with Gasteiger partial charge in [-0.3, -0.25) is 0 Å². The highest BCUT2D eigenvalue weighted by Gasteiger charge is 2.34. The second-order valence-corrected chi connectivity index (χ2v) is 6.39. The highest BCUT2D eigenvalue weighted by molar-refractivity contribution is 5.81. The SMILES string of the molecule is Nc1ncnc2nc(C3CCC4CCCCC4C3)[nH]c12. The Morgan fingerprint density at radius 1 is 1.05 bits per heavy atom. The minimum Gasteiger partial charge on any atom is -0.382 e. The van der Waals surface area contributed by atoms with Crippen molar-refractivity contribution in [3.8, 4) is 0 Å². The molecule has 2 aliphatic rings. The van der Waals surface area contributed by atoms with Crippen molar-refractivity contribution >= 4 is 17.0 Å². The van der Waals surface area contributed by atoms with Crippen LogP contribution in [-0.2, 0) is 0 Å². The highest BCUT2D eigenvalue weighted by atomic mass is 15.0.